The van der Waals surface area contributed by atoms with Crippen molar-refractivity contribution >= 4 is 17.3 Å². The van der Waals surface area contributed by atoms with Crippen LogP contribution in [0.2, 0.25) is 0 Å². The van der Waals surface area contributed by atoms with Gasteiger partial charge in [0, 0.05) is 6.07 Å². The van der Waals surface area contributed by atoms with Crippen LogP contribution in [0.15, 0.2) is 22.7 Å². The van der Waals surface area contributed by atoms with Gasteiger partial charge in [-0.3, -0.25) is 10.1 Å². The zero-order valence-electron chi connectivity index (χ0n) is 10.1. The van der Waals surface area contributed by atoms with Gasteiger partial charge < -0.3 is 15.3 Å². The summed E-state index contributed by atoms with van der Waals surface area (Å²) in [6, 6.07) is 4.31. The van der Waals surface area contributed by atoms with E-state index in [0.717, 1.165) is 5.69 Å². The SMILES string of the molecule is Cc1cc(CNc2cc([N+](=O)[O-])cc(NN)n2)on1. The van der Waals surface area contributed by atoms with E-state index in [1.165, 1.54) is 12.1 Å². The molecular weight excluding hydrogens is 252 g/mol. The number of hydrazine groups is 1. The number of rotatable bonds is 5. The van der Waals surface area contributed by atoms with Gasteiger partial charge in [-0.15, -0.1) is 0 Å². The highest BCUT2D eigenvalue weighted by molar-refractivity contribution is 5.54. The highest BCUT2D eigenvalue weighted by atomic mass is 16.6. The molecule has 0 saturated carbocycles. The molecule has 2 aromatic heterocycles. The summed E-state index contributed by atoms with van der Waals surface area (Å²) < 4.78 is 5.01. The minimum Gasteiger partial charge on any atom is -0.362 e. The Hall–Kier alpha value is -2.68. The molecule has 0 radical (unpaired) electrons. The summed E-state index contributed by atoms with van der Waals surface area (Å²) in [6.07, 6.45) is 0. The van der Waals surface area contributed by atoms with E-state index in [1.54, 1.807) is 13.0 Å². The number of nitrogens with zero attached hydrogens (tertiary/aromatic N) is 3. The predicted octanol–water partition coefficient (Wildman–Crippen LogP) is 1.18. The number of hydrogen-bond acceptors (Lipinski definition) is 8. The predicted molar refractivity (Wildman–Crippen MR) is 67.3 cm³/mol. The maximum atomic E-state index is 10.8. The van der Waals surface area contributed by atoms with E-state index in [-0.39, 0.29) is 11.5 Å². The Morgan fingerprint density at radius 1 is 1.42 bits per heavy atom. The topological polar surface area (TPSA) is 132 Å². The fraction of sp³-hybridized carbons (Fsp3) is 0.200. The van der Waals surface area contributed by atoms with Gasteiger partial charge in [-0.05, 0) is 6.92 Å². The van der Waals surface area contributed by atoms with Crippen molar-refractivity contribution in [2.45, 2.75) is 13.5 Å². The number of nitro groups is 1. The average Bonchev–Trinajstić information content (AvgIpc) is 2.81. The largest absolute Gasteiger partial charge is 0.362 e. The van der Waals surface area contributed by atoms with Crippen LogP contribution in [0.3, 0.4) is 0 Å². The van der Waals surface area contributed by atoms with Gasteiger partial charge in [0.2, 0.25) is 0 Å². The minimum atomic E-state index is -0.522. The molecule has 4 N–H and O–H groups in total. The van der Waals surface area contributed by atoms with Crippen LogP contribution in [0, 0.1) is 17.0 Å². The van der Waals surface area contributed by atoms with Crippen LogP contribution in [0.25, 0.3) is 0 Å². The van der Waals surface area contributed by atoms with Gasteiger partial charge in [0.1, 0.15) is 11.6 Å². The first-order valence-corrected chi connectivity index (χ1v) is 5.37. The smallest absolute Gasteiger partial charge is 0.276 e. The molecule has 0 amide bonds. The van der Waals surface area contributed by atoms with Crippen LogP contribution in [0.4, 0.5) is 17.3 Å². The monoisotopic (exact) mass is 264 g/mol. The molecule has 0 aliphatic heterocycles. The van der Waals surface area contributed by atoms with Gasteiger partial charge in [0.25, 0.3) is 5.69 Å². The molecular formula is C10H12N6O3. The van der Waals surface area contributed by atoms with Crippen LogP contribution in [-0.4, -0.2) is 15.1 Å². The third-order valence-corrected chi connectivity index (χ3v) is 2.29. The molecule has 0 bridgehead atoms. The molecule has 19 heavy (non-hydrogen) atoms. The van der Waals surface area contributed by atoms with E-state index in [4.69, 9.17) is 10.4 Å². The summed E-state index contributed by atoms with van der Waals surface area (Å²) in [4.78, 5) is 14.3. The van der Waals surface area contributed by atoms with Crippen molar-refractivity contribution in [1.82, 2.24) is 10.1 Å². The molecule has 2 aromatic rings. The van der Waals surface area contributed by atoms with Crippen LogP contribution in [0.5, 0.6) is 0 Å². The molecule has 0 fully saturated rings. The summed E-state index contributed by atoms with van der Waals surface area (Å²) in [7, 11) is 0. The zero-order valence-corrected chi connectivity index (χ0v) is 10.1. The summed E-state index contributed by atoms with van der Waals surface area (Å²) in [5.74, 6) is 6.33. The Morgan fingerprint density at radius 3 is 2.74 bits per heavy atom. The van der Waals surface area contributed by atoms with Crippen LogP contribution in [0.1, 0.15) is 11.5 Å². The van der Waals surface area contributed by atoms with Crippen molar-refractivity contribution in [2.24, 2.45) is 5.84 Å². The van der Waals surface area contributed by atoms with Gasteiger partial charge in [-0.1, -0.05) is 5.16 Å². The lowest BCUT2D eigenvalue weighted by Crippen LogP contribution is -2.10. The molecule has 0 aromatic carbocycles. The lowest BCUT2D eigenvalue weighted by Gasteiger charge is -2.05. The lowest BCUT2D eigenvalue weighted by molar-refractivity contribution is -0.384. The van der Waals surface area contributed by atoms with E-state index in [2.05, 4.69) is 20.9 Å². The summed E-state index contributed by atoms with van der Waals surface area (Å²) in [5.41, 5.74) is 2.92. The molecule has 0 aliphatic carbocycles. The van der Waals surface area contributed by atoms with Gasteiger partial charge in [0.15, 0.2) is 5.76 Å². The number of pyridine rings is 1. The van der Waals surface area contributed by atoms with Crippen molar-refractivity contribution < 1.29 is 9.45 Å². The van der Waals surface area contributed by atoms with E-state index in [1.807, 2.05) is 0 Å². The van der Waals surface area contributed by atoms with Gasteiger partial charge >= 0.3 is 0 Å². The summed E-state index contributed by atoms with van der Waals surface area (Å²) in [6.45, 7) is 2.12. The zero-order chi connectivity index (χ0) is 13.8. The normalized spacial score (nSPS) is 10.2. The van der Waals surface area contributed by atoms with E-state index < -0.39 is 4.92 Å². The Morgan fingerprint density at radius 2 is 2.16 bits per heavy atom. The van der Waals surface area contributed by atoms with E-state index >= 15 is 0 Å². The van der Waals surface area contributed by atoms with Gasteiger partial charge in [0.05, 0.1) is 29.3 Å². The standard InChI is InChI=1S/C10H12N6O3/c1-6-2-8(19-15-6)5-12-9-3-7(16(17)18)4-10(13-9)14-11/h2-4H,5,11H2,1H3,(H2,12,13,14). The molecule has 0 aliphatic rings. The lowest BCUT2D eigenvalue weighted by atomic mass is 10.3. The fourth-order valence-corrected chi connectivity index (χ4v) is 1.46. The van der Waals surface area contributed by atoms with Crippen molar-refractivity contribution in [2.75, 3.05) is 10.7 Å². The third kappa shape index (κ3) is 3.16. The Kier molecular flexibility index (Phi) is 3.57. The second kappa shape index (κ2) is 5.31. The maximum absolute atomic E-state index is 10.8. The summed E-state index contributed by atoms with van der Waals surface area (Å²) in [5, 5.41) is 17.4. The van der Waals surface area contributed by atoms with Crippen LogP contribution < -0.4 is 16.6 Å². The maximum Gasteiger partial charge on any atom is 0.276 e. The van der Waals surface area contributed by atoms with Crippen molar-refractivity contribution in [1.29, 1.82) is 0 Å². The van der Waals surface area contributed by atoms with Gasteiger partial charge in [-0.25, -0.2) is 10.8 Å². The highest BCUT2D eigenvalue weighted by Gasteiger charge is 2.11. The van der Waals surface area contributed by atoms with Gasteiger partial charge in [-0.2, -0.15) is 0 Å². The number of nitrogen functional groups attached to an aromatic ring is 1. The Labute approximate surface area is 107 Å². The molecule has 0 unspecified atom stereocenters. The molecule has 2 rings (SSSR count). The van der Waals surface area contributed by atoms with Crippen molar-refractivity contribution in [3.63, 3.8) is 0 Å². The first kappa shape index (κ1) is 12.8. The molecule has 0 atom stereocenters. The van der Waals surface area contributed by atoms with Crippen molar-refractivity contribution in [3.05, 3.63) is 39.8 Å². The molecule has 9 nitrogen and oxygen atoms in total. The fourth-order valence-electron chi connectivity index (χ4n) is 1.46. The van der Waals surface area contributed by atoms with Crippen LogP contribution >= 0.6 is 0 Å². The number of aryl methyl sites for hydroxylation is 1. The number of nitrogens with one attached hydrogen (secondary N) is 2. The molecule has 100 valence electrons. The third-order valence-electron chi connectivity index (χ3n) is 2.29. The number of aromatic nitrogens is 2. The molecule has 2 heterocycles. The van der Waals surface area contributed by atoms with E-state index in [0.29, 0.717) is 18.1 Å². The number of anilines is 2. The summed E-state index contributed by atoms with van der Waals surface area (Å²) >= 11 is 0. The number of hydrogen-bond donors (Lipinski definition) is 3. The van der Waals surface area contributed by atoms with Crippen LogP contribution in [-0.2, 0) is 6.54 Å². The first-order valence-electron chi connectivity index (χ1n) is 5.37. The molecule has 0 saturated heterocycles. The first-order chi connectivity index (χ1) is 9.08. The minimum absolute atomic E-state index is 0.112. The molecule has 0 spiro atoms. The number of nitrogens with two attached hydrogens (primary N) is 1. The highest BCUT2D eigenvalue weighted by Crippen LogP contribution is 2.20. The quantitative estimate of drug-likeness (QED) is 0.416. The Balaban J connectivity index is 2.15. The second-order valence-electron chi connectivity index (χ2n) is 3.79. The van der Waals surface area contributed by atoms with Crippen molar-refractivity contribution in [3.8, 4) is 0 Å². The van der Waals surface area contributed by atoms with E-state index in [9.17, 15) is 10.1 Å². The Bertz CT molecular complexity index is 597. The second-order valence-corrected chi connectivity index (χ2v) is 3.79. The molecule has 9 heteroatoms. The average molecular weight is 264 g/mol.